The van der Waals surface area contributed by atoms with Gasteiger partial charge in [0.1, 0.15) is 10.8 Å². The zero-order valence-electron chi connectivity index (χ0n) is 16.4. The molecule has 9 heteroatoms. The number of esters is 1. The van der Waals surface area contributed by atoms with Gasteiger partial charge in [-0.2, -0.15) is 0 Å². The van der Waals surface area contributed by atoms with Crippen molar-refractivity contribution in [3.8, 4) is 0 Å². The number of hydrogen-bond donors (Lipinski definition) is 1. The fraction of sp³-hybridized carbons (Fsp3) is 0.600. The Morgan fingerprint density at radius 2 is 2.07 bits per heavy atom. The molecule has 7 nitrogen and oxygen atoms in total. The summed E-state index contributed by atoms with van der Waals surface area (Å²) in [5.41, 5.74) is 1.61. The SMILES string of the molecule is CCOC(=O)c1c(NC(=O)CSc2nnc(C3CC3)n2C2CC2)sc2c1CCC2. The molecular formula is C20H24N4O3S2. The lowest BCUT2D eigenvalue weighted by Crippen LogP contribution is -2.17. The van der Waals surface area contributed by atoms with E-state index < -0.39 is 0 Å². The van der Waals surface area contributed by atoms with Crippen LogP contribution in [0.4, 0.5) is 5.00 Å². The first-order valence-corrected chi connectivity index (χ1v) is 12.1. The quantitative estimate of drug-likeness (QED) is 0.502. The molecule has 154 valence electrons. The van der Waals surface area contributed by atoms with E-state index in [9.17, 15) is 9.59 Å². The number of aromatic nitrogens is 3. The van der Waals surface area contributed by atoms with Gasteiger partial charge in [-0.1, -0.05) is 11.8 Å². The van der Waals surface area contributed by atoms with Crippen molar-refractivity contribution in [1.29, 1.82) is 0 Å². The number of amides is 1. The van der Waals surface area contributed by atoms with Gasteiger partial charge in [0.25, 0.3) is 0 Å². The van der Waals surface area contributed by atoms with E-state index in [0.29, 0.717) is 29.1 Å². The molecule has 0 unspecified atom stereocenters. The third-order valence-electron chi connectivity index (χ3n) is 5.53. The van der Waals surface area contributed by atoms with Gasteiger partial charge in [0, 0.05) is 16.8 Å². The lowest BCUT2D eigenvalue weighted by Gasteiger charge is -2.09. The molecule has 29 heavy (non-hydrogen) atoms. The molecule has 2 aromatic heterocycles. The highest BCUT2D eigenvalue weighted by Gasteiger charge is 2.36. The van der Waals surface area contributed by atoms with E-state index >= 15 is 0 Å². The Morgan fingerprint density at radius 3 is 2.79 bits per heavy atom. The Morgan fingerprint density at radius 1 is 1.24 bits per heavy atom. The van der Waals surface area contributed by atoms with E-state index in [1.165, 1.54) is 53.7 Å². The minimum absolute atomic E-state index is 0.126. The molecule has 0 radical (unpaired) electrons. The Bertz CT molecular complexity index is 959. The third kappa shape index (κ3) is 3.82. The van der Waals surface area contributed by atoms with E-state index in [1.807, 2.05) is 0 Å². The molecule has 3 aliphatic carbocycles. The smallest absolute Gasteiger partial charge is 0.341 e. The number of rotatable bonds is 8. The number of hydrogen-bond acceptors (Lipinski definition) is 7. The van der Waals surface area contributed by atoms with E-state index in [-0.39, 0.29) is 17.6 Å². The maximum absolute atomic E-state index is 12.7. The van der Waals surface area contributed by atoms with Crippen molar-refractivity contribution in [2.75, 3.05) is 17.7 Å². The van der Waals surface area contributed by atoms with Crippen LogP contribution in [-0.4, -0.2) is 39.0 Å². The summed E-state index contributed by atoms with van der Waals surface area (Å²) in [5.74, 6) is 1.43. The summed E-state index contributed by atoms with van der Waals surface area (Å²) in [5, 5.41) is 13.2. The molecule has 0 spiro atoms. The van der Waals surface area contributed by atoms with E-state index in [0.717, 1.165) is 35.8 Å². The van der Waals surface area contributed by atoms with Crippen LogP contribution in [0.5, 0.6) is 0 Å². The van der Waals surface area contributed by atoms with Crippen molar-refractivity contribution in [2.24, 2.45) is 0 Å². The Labute approximate surface area is 177 Å². The number of carbonyl (C=O) groups excluding carboxylic acids is 2. The molecule has 0 aliphatic heterocycles. The molecule has 2 aromatic rings. The number of fused-ring (bicyclic) bond motifs is 1. The summed E-state index contributed by atoms with van der Waals surface area (Å²) in [4.78, 5) is 26.3. The molecule has 2 fully saturated rings. The van der Waals surface area contributed by atoms with Crippen LogP contribution < -0.4 is 5.32 Å². The molecule has 2 heterocycles. The summed E-state index contributed by atoms with van der Waals surface area (Å²) in [6.07, 6.45) is 7.61. The number of thioether (sulfide) groups is 1. The Balaban J connectivity index is 1.28. The first-order chi connectivity index (χ1) is 14.2. The van der Waals surface area contributed by atoms with Crippen LogP contribution in [-0.2, 0) is 22.4 Å². The standard InChI is InChI=1S/C20H24N4O3S2/c1-2-27-19(26)16-13-4-3-5-14(13)29-18(16)21-15(25)10-28-20-23-22-17(11-6-7-11)24(20)12-8-9-12/h11-12H,2-10H2,1H3,(H,21,25). The van der Waals surface area contributed by atoms with Crippen molar-refractivity contribution in [3.05, 3.63) is 21.8 Å². The van der Waals surface area contributed by atoms with Crippen molar-refractivity contribution >= 4 is 40.0 Å². The molecule has 0 atom stereocenters. The van der Waals surface area contributed by atoms with Gasteiger partial charge in [0.05, 0.1) is 17.9 Å². The second-order valence-electron chi connectivity index (χ2n) is 7.84. The molecule has 1 N–H and O–H groups in total. The molecule has 0 bridgehead atoms. The minimum Gasteiger partial charge on any atom is -0.462 e. The zero-order valence-corrected chi connectivity index (χ0v) is 18.0. The largest absolute Gasteiger partial charge is 0.462 e. The predicted molar refractivity (Wildman–Crippen MR) is 112 cm³/mol. The number of nitrogens with zero attached hydrogens (tertiary/aromatic N) is 3. The van der Waals surface area contributed by atoms with Gasteiger partial charge in [0.2, 0.25) is 5.91 Å². The monoisotopic (exact) mass is 432 g/mol. The van der Waals surface area contributed by atoms with Crippen LogP contribution in [0.15, 0.2) is 5.16 Å². The fourth-order valence-corrected chi connectivity index (χ4v) is 5.99. The summed E-state index contributed by atoms with van der Waals surface area (Å²) >= 11 is 2.94. The average molecular weight is 433 g/mol. The first kappa shape index (κ1) is 19.1. The predicted octanol–water partition coefficient (Wildman–Crippen LogP) is 3.95. The van der Waals surface area contributed by atoms with Crippen LogP contribution in [0.2, 0.25) is 0 Å². The average Bonchev–Trinajstić information content (AvgIpc) is 3.60. The third-order valence-corrected chi connectivity index (χ3v) is 7.68. The summed E-state index contributed by atoms with van der Waals surface area (Å²) < 4.78 is 7.48. The van der Waals surface area contributed by atoms with Gasteiger partial charge < -0.3 is 14.6 Å². The number of thiophene rings is 1. The first-order valence-electron chi connectivity index (χ1n) is 10.3. The summed E-state index contributed by atoms with van der Waals surface area (Å²) in [6, 6.07) is 0.502. The van der Waals surface area contributed by atoms with Crippen LogP contribution >= 0.6 is 23.1 Å². The Hall–Kier alpha value is -1.87. The highest BCUT2D eigenvalue weighted by molar-refractivity contribution is 7.99. The van der Waals surface area contributed by atoms with E-state index in [1.54, 1.807) is 6.92 Å². The van der Waals surface area contributed by atoms with Crippen molar-refractivity contribution in [1.82, 2.24) is 14.8 Å². The van der Waals surface area contributed by atoms with Gasteiger partial charge in [0.15, 0.2) is 5.16 Å². The van der Waals surface area contributed by atoms with E-state index in [4.69, 9.17) is 4.74 Å². The maximum Gasteiger partial charge on any atom is 0.341 e. The molecule has 0 aromatic carbocycles. The zero-order chi connectivity index (χ0) is 20.0. The lowest BCUT2D eigenvalue weighted by atomic mass is 10.1. The van der Waals surface area contributed by atoms with Gasteiger partial charge in [-0.25, -0.2) is 4.79 Å². The number of aryl methyl sites for hydroxylation is 1. The number of nitrogens with one attached hydrogen (secondary N) is 1. The number of carbonyl (C=O) groups is 2. The molecule has 2 saturated carbocycles. The van der Waals surface area contributed by atoms with Crippen molar-refractivity contribution in [2.45, 2.75) is 69.0 Å². The molecular weight excluding hydrogens is 408 g/mol. The topological polar surface area (TPSA) is 86.1 Å². The number of anilines is 1. The van der Waals surface area contributed by atoms with Gasteiger partial charge in [-0.05, 0) is 57.4 Å². The normalized spacial score (nSPS) is 18.0. The Kier molecular flexibility index (Phi) is 5.11. The van der Waals surface area contributed by atoms with Crippen molar-refractivity contribution in [3.63, 3.8) is 0 Å². The molecule has 5 rings (SSSR count). The van der Waals surface area contributed by atoms with Crippen LogP contribution in [0.3, 0.4) is 0 Å². The maximum atomic E-state index is 12.7. The van der Waals surface area contributed by atoms with E-state index in [2.05, 4.69) is 20.1 Å². The lowest BCUT2D eigenvalue weighted by molar-refractivity contribution is -0.113. The molecule has 1 amide bonds. The fourth-order valence-electron chi connectivity index (χ4n) is 3.89. The number of ether oxygens (including phenoxy) is 1. The van der Waals surface area contributed by atoms with Crippen molar-refractivity contribution < 1.29 is 14.3 Å². The molecule has 0 saturated heterocycles. The summed E-state index contributed by atoms with van der Waals surface area (Å²) in [6.45, 7) is 2.12. The van der Waals surface area contributed by atoms with Crippen LogP contribution in [0.1, 0.15) is 77.6 Å². The van der Waals surface area contributed by atoms with Gasteiger partial charge >= 0.3 is 5.97 Å². The van der Waals surface area contributed by atoms with Crippen LogP contribution in [0.25, 0.3) is 0 Å². The summed E-state index contributed by atoms with van der Waals surface area (Å²) in [7, 11) is 0. The highest BCUT2D eigenvalue weighted by Crippen LogP contribution is 2.46. The second kappa shape index (κ2) is 7.75. The second-order valence-corrected chi connectivity index (χ2v) is 9.88. The van der Waals surface area contributed by atoms with Crippen LogP contribution in [0, 0.1) is 0 Å². The minimum atomic E-state index is -0.336. The highest BCUT2D eigenvalue weighted by atomic mass is 32.2. The van der Waals surface area contributed by atoms with Gasteiger partial charge in [-0.15, -0.1) is 21.5 Å². The van der Waals surface area contributed by atoms with Gasteiger partial charge in [-0.3, -0.25) is 4.79 Å². The molecule has 3 aliphatic rings.